The molecule has 0 unspecified atom stereocenters. The van der Waals surface area contributed by atoms with Gasteiger partial charge >= 0.3 is 0 Å². The van der Waals surface area contributed by atoms with E-state index in [9.17, 15) is 0 Å². The number of aromatic nitrogens is 5. The number of fused-ring (bicyclic) bond motifs is 1. The van der Waals surface area contributed by atoms with Crippen LogP contribution in [0.2, 0.25) is 0 Å². The normalized spacial score (nSPS) is 14.7. The topological polar surface area (TPSA) is 97.3 Å². The molecule has 148 valence electrons. The van der Waals surface area contributed by atoms with Crippen molar-refractivity contribution < 1.29 is 0 Å². The highest BCUT2D eigenvalue weighted by molar-refractivity contribution is 5.59. The van der Waals surface area contributed by atoms with Crippen LogP contribution in [0.15, 0.2) is 18.5 Å². The van der Waals surface area contributed by atoms with Crippen molar-refractivity contribution in [2.24, 2.45) is 0 Å². The summed E-state index contributed by atoms with van der Waals surface area (Å²) >= 11 is 0. The summed E-state index contributed by atoms with van der Waals surface area (Å²) in [6.07, 6.45) is 7.48. The summed E-state index contributed by atoms with van der Waals surface area (Å²) in [5.74, 6) is 2.29. The van der Waals surface area contributed by atoms with Gasteiger partial charge in [-0.25, -0.2) is 19.5 Å². The van der Waals surface area contributed by atoms with Crippen molar-refractivity contribution in [1.82, 2.24) is 29.9 Å². The van der Waals surface area contributed by atoms with Gasteiger partial charge in [-0.05, 0) is 24.5 Å². The van der Waals surface area contributed by atoms with Gasteiger partial charge in [0.05, 0.1) is 11.9 Å². The van der Waals surface area contributed by atoms with E-state index < -0.39 is 0 Å². The number of rotatable bonds is 6. The van der Waals surface area contributed by atoms with E-state index in [1.807, 2.05) is 16.9 Å². The van der Waals surface area contributed by atoms with Crippen LogP contribution in [0.5, 0.6) is 0 Å². The van der Waals surface area contributed by atoms with Crippen molar-refractivity contribution in [2.75, 3.05) is 36.8 Å². The molecule has 0 aromatic carbocycles. The van der Waals surface area contributed by atoms with Crippen molar-refractivity contribution in [1.29, 1.82) is 0 Å². The molecule has 4 rings (SSSR count). The molecule has 1 fully saturated rings. The fourth-order valence-electron chi connectivity index (χ4n) is 3.69. The highest BCUT2D eigenvalue weighted by Crippen LogP contribution is 2.21. The Hall–Kier alpha value is -2.74. The molecule has 0 atom stereocenters. The molecule has 0 saturated carbocycles. The molecule has 0 spiro atoms. The van der Waals surface area contributed by atoms with Gasteiger partial charge in [0, 0.05) is 45.2 Å². The van der Waals surface area contributed by atoms with Crippen molar-refractivity contribution in [3.8, 4) is 0 Å². The Balaban J connectivity index is 1.59. The number of hydrogen-bond donors (Lipinski definition) is 2. The molecule has 28 heavy (non-hydrogen) atoms. The third kappa shape index (κ3) is 3.77. The number of piperazine rings is 1. The Labute approximate surface area is 165 Å². The molecular weight excluding hydrogens is 352 g/mol. The zero-order chi connectivity index (χ0) is 19.5. The molecule has 8 nitrogen and oxygen atoms in total. The molecule has 0 amide bonds. The number of imidazole rings is 1. The van der Waals surface area contributed by atoms with Gasteiger partial charge in [0.15, 0.2) is 17.3 Å². The Morgan fingerprint density at radius 2 is 2.00 bits per heavy atom. The maximum atomic E-state index is 6.10. The first-order valence-electron chi connectivity index (χ1n) is 10.1. The zero-order valence-electron chi connectivity index (χ0n) is 16.6. The summed E-state index contributed by atoms with van der Waals surface area (Å²) in [7, 11) is 0. The molecule has 0 bridgehead atoms. The molecule has 8 heteroatoms. The molecule has 0 aliphatic carbocycles. The summed E-state index contributed by atoms with van der Waals surface area (Å²) in [6.45, 7) is 8.29. The maximum absolute atomic E-state index is 6.10. The van der Waals surface area contributed by atoms with Crippen LogP contribution < -0.4 is 16.0 Å². The Bertz CT molecular complexity index is 958. The smallest absolute Gasteiger partial charge is 0.196 e. The van der Waals surface area contributed by atoms with Gasteiger partial charge in [0.2, 0.25) is 0 Å². The Kier molecular flexibility index (Phi) is 5.38. The number of anilines is 2. The number of hydrogen-bond acceptors (Lipinski definition) is 7. The number of nitrogens with one attached hydrogen (secondary N) is 1. The molecule has 0 radical (unpaired) electrons. The third-order valence-corrected chi connectivity index (χ3v) is 5.17. The Morgan fingerprint density at radius 1 is 1.18 bits per heavy atom. The van der Waals surface area contributed by atoms with Crippen molar-refractivity contribution in [3.63, 3.8) is 0 Å². The fraction of sp³-hybridized carbons (Fsp3) is 0.500. The minimum absolute atomic E-state index is 0.440. The summed E-state index contributed by atoms with van der Waals surface area (Å²) < 4.78 is 1.84. The minimum Gasteiger partial charge on any atom is -0.380 e. The lowest BCUT2D eigenvalue weighted by atomic mass is 10.1. The fourth-order valence-corrected chi connectivity index (χ4v) is 3.69. The average molecular weight is 381 g/mol. The van der Waals surface area contributed by atoms with E-state index >= 15 is 0 Å². The van der Waals surface area contributed by atoms with Crippen molar-refractivity contribution in [3.05, 3.63) is 41.1 Å². The number of aryl methyl sites for hydroxylation is 2. The second-order valence-electron chi connectivity index (χ2n) is 7.40. The van der Waals surface area contributed by atoms with Gasteiger partial charge in [0.1, 0.15) is 5.82 Å². The predicted molar refractivity (Wildman–Crippen MR) is 111 cm³/mol. The van der Waals surface area contributed by atoms with Crippen LogP contribution in [0, 0.1) is 6.92 Å². The van der Waals surface area contributed by atoms with Crippen LogP contribution in [0.1, 0.15) is 42.4 Å². The van der Waals surface area contributed by atoms with E-state index in [-0.39, 0.29) is 0 Å². The lowest BCUT2D eigenvalue weighted by Gasteiger charge is -2.29. The first-order valence-corrected chi connectivity index (χ1v) is 10.1. The number of pyridine rings is 1. The van der Waals surface area contributed by atoms with Gasteiger partial charge in [-0.3, -0.25) is 0 Å². The van der Waals surface area contributed by atoms with Crippen LogP contribution in [0.25, 0.3) is 5.65 Å². The largest absolute Gasteiger partial charge is 0.380 e. The maximum Gasteiger partial charge on any atom is 0.196 e. The highest BCUT2D eigenvalue weighted by atomic mass is 15.3. The Morgan fingerprint density at radius 3 is 2.75 bits per heavy atom. The van der Waals surface area contributed by atoms with E-state index in [1.165, 1.54) is 5.56 Å². The molecular formula is C20H28N8. The zero-order valence-corrected chi connectivity index (χ0v) is 16.6. The number of nitrogens with zero attached hydrogens (tertiary/aromatic N) is 6. The van der Waals surface area contributed by atoms with Crippen LogP contribution in [-0.2, 0) is 12.8 Å². The molecule has 3 aromatic heterocycles. The standard InChI is InChI=1S/C20H28N8/c1-3-4-5-17-25-18(21)20-24-13-16(28(20)26-17)11-15-10-14(2)19(23-12-15)27-8-6-22-7-9-27/h10,12-13,22H,3-9,11H2,1-2H3,(H2,21,25,26). The van der Waals surface area contributed by atoms with Gasteiger partial charge in [-0.15, -0.1) is 0 Å². The quantitative estimate of drug-likeness (QED) is 0.672. The van der Waals surface area contributed by atoms with Crippen LogP contribution in [-0.4, -0.2) is 50.7 Å². The summed E-state index contributed by atoms with van der Waals surface area (Å²) in [5, 5.41) is 8.05. The second-order valence-corrected chi connectivity index (χ2v) is 7.40. The lowest BCUT2D eigenvalue weighted by Crippen LogP contribution is -2.44. The van der Waals surface area contributed by atoms with Gasteiger partial charge in [-0.2, -0.15) is 5.10 Å². The van der Waals surface area contributed by atoms with E-state index in [4.69, 9.17) is 10.7 Å². The highest BCUT2D eigenvalue weighted by Gasteiger charge is 2.16. The summed E-state index contributed by atoms with van der Waals surface area (Å²) in [5.41, 5.74) is 10.1. The molecule has 1 aliphatic heterocycles. The first kappa shape index (κ1) is 18.6. The van der Waals surface area contributed by atoms with Crippen molar-refractivity contribution >= 4 is 17.3 Å². The van der Waals surface area contributed by atoms with Crippen molar-refractivity contribution in [2.45, 2.75) is 39.5 Å². The minimum atomic E-state index is 0.440. The van der Waals surface area contributed by atoms with Gasteiger partial charge < -0.3 is 16.0 Å². The number of nitrogens with two attached hydrogens (primary N) is 1. The first-order chi connectivity index (χ1) is 13.7. The van der Waals surface area contributed by atoms with Gasteiger partial charge in [-0.1, -0.05) is 19.4 Å². The second kappa shape index (κ2) is 8.10. The van der Waals surface area contributed by atoms with Crippen LogP contribution >= 0.6 is 0 Å². The van der Waals surface area contributed by atoms with E-state index in [0.29, 0.717) is 17.9 Å². The van der Waals surface area contributed by atoms with Crippen LogP contribution in [0.3, 0.4) is 0 Å². The molecule has 3 N–H and O–H groups in total. The monoisotopic (exact) mass is 380 g/mol. The van der Waals surface area contributed by atoms with E-state index in [0.717, 1.165) is 68.3 Å². The molecule has 1 aliphatic rings. The van der Waals surface area contributed by atoms with Gasteiger partial charge in [0.25, 0.3) is 0 Å². The molecule has 3 aromatic rings. The SMILES string of the molecule is CCCCc1nc(N)c2ncc(Cc3cnc(N4CCNCC4)c(C)c3)n2n1. The average Bonchev–Trinajstić information content (AvgIpc) is 3.10. The van der Waals surface area contributed by atoms with E-state index in [2.05, 4.69) is 45.2 Å². The predicted octanol–water partition coefficient (Wildman–Crippen LogP) is 1.75. The summed E-state index contributed by atoms with van der Waals surface area (Å²) in [6, 6.07) is 2.21. The lowest BCUT2D eigenvalue weighted by molar-refractivity contribution is 0.584. The number of nitrogen functional groups attached to an aromatic ring is 1. The summed E-state index contributed by atoms with van der Waals surface area (Å²) in [4.78, 5) is 15.9. The molecule has 1 saturated heterocycles. The number of unbranched alkanes of at least 4 members (excludes halogenated alkanes) is 1. The molecule has 4 heterocycles. The van der Waals surface area contributed by atoms with E-state index in [1.54, 1.807) is 0 Å². The third-order valence-electron chi connectivity index (χ3n) is 5.17. The van der Waals surface area contributed by atoms with Crippen LogP contribution in [0.4, 0.5) is 11.6 Å².